The van der Waals surface area contributed by atoms with Crippen molar-refractivity contribution < 1.29 is 23.5 Å². The molecule has 2 aromatic rings. The summed E-state index contributed by atoms with van der Waals surface area (Å²) in [5.41, 5.74) is 6.21. The molecule has 0 unspecified atom stereocenters. The van der Waals surface area contributed by atoms with Gasteiger partial charge in [0.05, 0.1) is 0 Å². The van der Waals surface area contributed by atoms with Crippen LogP contribution in [0.25, 0.3) is 0 Å². The molecular formula is C21H22ClFN4O4. The fourth-order valence-corrected chi connectivity index (χ4v) is 3.83. The Kier molecular flexibility index (Phi) is 6.43. The van der Waals surface area contributed by atoms with E-state index in [-0.39, 0.29) is 24.4 Å². The molecule has 2 aromatic carbocycles. The van der Waals surface area contributed by atoms with Crippen molar-refractivity contribution in [3.8, 4) is 11.5 Å². The van der Waals surface area contributed by atoms with E-state index in [2.05, 4.69) is 21.1 Å². The van der Waals surface area contributed by atoms with Crippen LogP contribution in [-0.2, 0) is 11.3 Å². The number of amides is 3. The Morgan fingerprint density at radius 2 is 1.84 bits per heavy atom. The van der Waals surface area contributed by atoms with E-state index in [0.717, 1.165) is 5.56 Å². The van der Waals surface area contributed by atoms with Gasteiger partial charge in [-0.3, -0.25) is 15.1 Å². The number of rotatable bonds is 4. The first-order valence-corrected chi connectivity index (χ1v) is 10.3. The predicted molar refractivity (Wildman–Crippen MR) is 112 cm³/mol. The van der Waals surface area contributed by atoms with Gasteiger partial charge in [-0.1, -0.05) is 17.7 Å². The highest BCUT2D eigenvalue weighted by atomic mass is 35.5. The van der Waals surface area contributed by atoms with Gasteiger partial charge in [0.25, 0.3) is 0 Å². The number of benzene rings is 2. The summed E-state index contributed by atoms with van der Waals surface area (Å²) in [6.45, 7) is 2.16. The maximum absolute atomic E-state index is 13.2. The summed E-state index contributed by atoms with van der Waals surface area (Å²) in [7, 11) is 0. The molecule has 0 radical (unpaired) electrons. The van der Waals surface area contributed by atoms with Gasteiger partial charge in [0.2, 0.25) is 12.7 Å². The van der Waals surface area contributed by atoms with Crippen molar-refractivity contribution in [3.63, 3.8) is 0 Å². The Bertz CT molecular complexity index is 982. The molecule has 1 fully saturated rings. The molecule has 2 aliphatic heterocycles. The number of carbonyl (C=O) groups is 2. The van der Waals surface area contributed by atoms with Crippen LogP contribution in [0.15, 0.2) is 36.4 Å². The first kappa shape index (κ1) is 21.2. The molecule has 4 rings (SSSR count). The standard InChI is InChI=1S/C21H22ClFN4O4/c22-17-9-15(23)2-1-14(17)11-27-7-5-13(6-8-27)20(28)25-26-21(29)24-16-3-4-18-19(10-16)31-12-30-18/h1-4,9-10,13H,5-8,11-12H2,(H,25,28)(H2,24,26,29). The van der Waals surface area contributed by atoms with Crippen molar-refractivity contribution >= 4 is 29.2 Å². The molecule has 3 amide bonds. The number of nitrogens with zero attached hydrogens (tertiary/aromatic N) is 1. The molecular weight excluding hydrogens is 427 g/mol. The van der Waals surface area contributed by atoms with Gasteiger partial charge in [0.1, 0.15) is 5.82 Å². The first-order chi connectivity index (χ1) is 15.0. The first-order valence-electron chi connectivity index (χ1n) is 9.91. The zero-order valence-electron chi connectivity index (χ0n) is 16.6. The fraction of sp³-hybridized carbons (Fsp3) is 0.333. The van der Waals surface area contributed by atoms with Gasteiger partial charge in [-0.15, -0.1) is 0 Å². The van der Waals surface area contributed by atoms with Crippen LogP contribution in [0.2, 0.25) is 5.02 Å². The molecule has 0 saturated carbocycles. The molecule has 2 heterocycles. The normalized spacial score (nSPS) is 16.1. The summed E-state index contributed by atoms with van der Waals surface area (Å²) in [5, 5.41) is 3.03. The number of piperidine rings is 1. The molecule has 0 atom stereocenters. The van der Waals surface area contributed by atoms with Gasteiger partial charge in [0.15, 0.2) is 11.5 Å². The van der Waals surface area contributed by atoms with Crippen LogP contribution in [0.1, 0.15) is 18.4 Å². The summed E-state index contributed by atoms with van der Waals surface area (Å²) < 4.78 is 23.7. The van der Waals surface area contributed by atoms with Crippen LogP contribution in [0, 0.1) is 11.7 Å². The highest BCUT2D eigenvalue weighted by molar-refractivity contribution is 6.31. The number of hydrogen-bond acceptors (Lipinski definition) is 5. The van der Waals surface area contributed by atoms with E-state index < -0.39 is 6.03 Å². The molecule has 8 nitrogen and oxygen atoms in total. The van der Waals surface area contributed by atoms with Crippen LogP contribution >= 0.6 is 11.6 Å². The van der Waals surface area contributed by atoms with Crippen molar-refractivity contribution in [3.05, 3.63) is 52.8 Å². The third-order valence-corrected chi connectivity index (χ3v) is 5.65. The largest absolute Gasteiger partial charge is 0.454 e. The number of halogens is 2. The number of carbonyl (C=O) groups excluding carboxylic acids is 2. The monoisotopic (exact) mass is 448 g/mol. The summed E-state index contributed by atoms with van der Waals surface area (Å²) in [4.78, 5) is 26.6. The second-order valence-electron chi connectivity index (χ2n) is 7.42. The Hall–Kier alpha value is -3.04. The third-order valence-electron chi connectivity index (χ3n) is 5.30. The zero-order chi connectivity index (χ0) is 21.8. The van der Waals surface area contributed by atoms with Gasteiger partial charge < -0.3 is 14.8 Å². The van der Waals surface area contributed by atoms with E-state index in [1.54, 1.807) is 24.3 Å². The van der Waals surface area contributed by atoms with E-state index >= 15 is 0 Å². The number of urea groups is 1. The smallest absolute Gasteiger partial charge is 0.337 e. The van der Waals surface area contributed by atoms with Crippen LogP contribution in [0.3, 0.4) is 0 Å². The molecule has 31 heavy (non-hydrogen) atoms. The lowest BCUT2D eigenvalue weighted by Crippen LogP contribution is -2.48. The molecule has 10 heteroatoms. The van der Waals surface area contributed by atoms with E-state index in [4.69, 9.17) is 21.1 Å². The van der Waals surface area contributed by atoms with Crippen molar-refractivity contribution in [2.75, 3.05) is 25.2 Å². The van der Waals surface area contributed by atoms with Crippen molar-refractivity contribution in [1.29, 1.82) is 0 Å². The maximum atomic E-state index is 13.2. The fourth-order valence-electron chi connectivity index (χ4n) is 3.60. The Morgan fingerprint density at radius 1 is 1.06 bits per heavy atom. The maximum Gasteiger partial charge on any atom is 0.337 e. The number of fused-ring (bicyclic) bond motifs is 1. The van der Waals surface area contributed by atoms with Crippen LogP contribution in [-0.4, -0.2) is 36.7 Å². The zero-order valence-corrected chi connectivity index (χ0v) is 17.4. The van der Waals surface area contributed by atoms with Gasteiger partial charge >= 0.3 is 6.03 Å². The Balaban J connectivity index is 1.19. The third kappa shape index (κ3) is 5.36. The van der Waals surface area contributed by atoms with Gasteiger partial charge in [-0.2, -0.15) is 0 Å². The molecule has 0 spiro atoms. The number of anilines is 1. The van der Waals surface area contributed by atoms with E-state index in [1.807, 2.05) is 0 Å². The minimum atomic E-state index is -0.560. The molecule has 164 valence electrons. The number of hydrogen-bond donors (Lipinski definition) is 3. The summed E-state index contributed by atoms with van der Waals surface area (Å²) in [6, 6.07) is 8.84. The van der Waals surface area contributed by atoms with Gasteiger partial charge in [-0.05, 0) is 55.8 Å². The molecule has 0 aliphatic carbocycles. The Morgan fingerprint density at radius 3 is 2.61 bits per heavy atom. The van der Waals surface area contributed by atoms with Crippen LogP contribution in [0.5, 0.6) is 11.5 Å². The SMILES string of the molecule is O=C(NNC(=O)C1CCN(Cc2ccc(F)cc2Cl)CC1)Nc1ccc2c(c1)OCO2. The number of likely N-dealkylation sites (tertiary alicyclic amines) is 1. The number of ether oxygens (including phenoxy) is 2. The van der Waals surface area contributed by atoms with Crippen LogP contribution < -0.4 is 25.6 Å². The molecule has 2 aliphatic rings. The Labute approximate surface area is 183 Å². The van der Waals surface area contributed by atoms with E-state index in [1.165, 1.54) is 12.1 Å². The minimum Gasteiger partial charge on any atom is -0.454 e. The second kappa shape index (κ2) is 9.40. The lowest BCUT2D eigenvalue weighted by molar-refractivity contribution is -0.127. The van der Waals surface area contributed by atoms with Crippen molar-refractivity contribution in [2.24, 2.45) is 5.92 Å². The topological polar surface area (TPSA) is 91.9 Å². The molecule has 1 saturated heterocycles. The average Bonchev–Trinajstić information content (AvgIpc) is 3.22. The predicted octanol–water partition coefficient (Wildman–Crippen LogP) is 3.27. The molecule has 0 aromatic heterocycles. The summed E-state index contributed by atoms with van der Waals surface area (Å²) in [5.74, 6) is 0.369. The van der Waals surface area contributed by atoms with Crippen LogP contribution in [0.4, 0.5) is 14.9 Å². The highest BCUT2D eigenvalue weighted by Gasteiger charge is 2.25. The average molecular weight is 449 g/mol. The summed E-state index contributed by atoms with van der Waals surface area (Å²) >= 11 is 6.09. The van der Waals surface area contributed by atoms with Gasteiger partial charge in [0, 0.05) is 29.2 Å². The van der Waals surface area contributed by atoms with E-state index in [0.29, 0.717) is 54.7 Å². The van der Waals surface area contributed by atoms with E-state index in [9.17, 15) is 14.0 Å². The van der Waals surface area contributed by atoms with Crippen molar-refractivity contribution in [2.45, 2.75) is 19.4 Å². The molecule has 0 bridgehead atoms. The number of hydrazine groups is 1. The number of nitrogens with one attached hydrogen (secondary N) is 3. The van der Waals surface area contributed by atoms with Gasteiger partial charge in [-0.25, -0.2) is 14.6 Å². The minimum absolute atomic E-state index is 0.150. The summed E-state index contributed by atoms with van der Waals surface area (Å²) in [6.07, 6.45) is 1.30. The lowest BCUT2D eigenvalue weighted by atomic mass is 9.96. The second-order valence-corrected chi connectivity index (χ2v) is 7.83. The lowest BCUT2D eigenvalue weighted by Gasteiger charge is -2.31. The quantitative estimate of drug-likeness (QED) is 0.624. The molecule has 3 N–H and O–H groups in total. The highest BCUT2D eigenvalue weighted by Crippen LogP contribution is 2.34. The van der Waals surface area contributed by atoms with Crippen molar-refractivity contribution in [1.82, 2.24) is 15.8 Å².